The smallest absolute Gasteiger partial charge is 0.324 e. The molecule has 1 amide bonds. The number of rotatable bonds is 3. The van der Waals surface area contributed by atoms with Crippen LogP contribution in [0.2, 0.25) is 0 Å². The van der Waals surface area contributed by atoms with Crippen LogP contribution in [0, 0.1) is 10.1 Å². The van der Waals surface area contributed by atoms with E-state index in [-0.39, 0.29) is 23.0 Å². The van der Waals surface area contributed by atoms with E-state index >= 15 is 0 Å². The van der Waals surface area contributed by atoms with Crippen LogP contribution in [0.3, 0.4) is 0 Å². The molecule has 2 rings (SSSR count). The Bertz CT molecular complexity index is 425. The quantitative estimate of drug-likeness (QED) is 0.606. The van der Waals surface area contributed by atoms with Gasteiger partial charge in [-0.2, -0.15) is 0 Å². The van der Waals surface area contributed by atoms with Gasteiger partial charge in [0.25, 0.3) is 5.91 Å². The third kappa shape index (κ3) is 2.20. The summed E-state index contributed by atoms with van der Waals surface area (Å²) in [7, 11) is 0. The summed E-state index contributed by atoms with van der Waals surface area (Å²) in [5, 5.41) is 14.7. The van der Waals surface area contributed by atoms with E-state index in [2.05, 4.69) is 5.32 Å². The molecule has 86 valence electrons. The molecule has 16 heavy (non-hydrogen) atoms. The van der Waals surface area contributed by atoms with Crippen molar-refractivity contribution in [2.45, 2.75) is 24.9 Å². The molecule has 0 aromatic carbocycles. The van der Waals surface area contributed by atoms with Crippen molar-refractivity contribution in [1.82, 2.24) is 5.32 Å². The predicted molar refractivity (Wildman–Crippen MR) is 59.4 cm³/mol. The third-order valence-electron chi connectivity index (χ3n) is 2.54. The molecule has 1 heterocycles. The molecule has 1 aromatic heterocycles. The Morgan fingerprint density at radius 2 is 2.31 bits per heavy atom. The van der Waals surface area contributed by atoms with E-state index in [0.717, 1.165) is 24.2 Å². The first kappa shape index (κ1) is 11.0. The van der Waals surface area contributed by atoms with Crippen LogP contribution >= 0.6 is 11.3 Å². The monoisotopic (exact) mass is 241 g/mol. The fourth-order valence-electron chi connectivity index (χ4n) is 1.59. The number of amides is 1. The van der Waals surface area contributed by atoms with Crippen molar-refractivity contribution < 1.29 is 9.72 Å². The Labute approximate surface area is 95.6 Å². The Kier molecular flexibility index (Phi) is 2.88. The summed E-state index contributed by atoms with van der Waals surface area (Å²) >= 11 is 0.955. The minimum absolute atomic E-state index is 0.0181. The summed E-state index contributed by atoms with van der Waals surface area (Å²) in [5.41, 5.74) is 5.93. The van der Waals surface area contributed by atoms with E-state index in [9.17, 15) is 14.9 Å². The largest absolute Gasteiger partial charge is 0.349 e. The molecule has 1 aliphatic carbocycles. The Balaban J connectivity index is 1.95. The number of carbonyl (C=O) groups is 1. The second-order valence-electron chi connectivity index (χ2n) is 3.83. The van der Waals surface area contributed by atoms with E-state index in [1.165, 1.54) is 11.4 Å². The highest BCUT2D eigenvalue weighted by atomic mass is 32.1. The second kappa shape index (κ2) is 4.18. The number of nitro groups is 1. The molecule has 3 N–H and O–H groups in total. The lowest BCUT2D eigenvalue weighted by molar-refractivity contribution is -0.380. The predicted octanol–water partition coefficient (Wildman–Crippen LogP) is 0.876. The van der Waals surface area contributed by atoms with Gasteiger partial charge in [-0.3, -0.25) is 14.9 Å². The second-order valence-corrected chi connectivity index (χ2v) is 4.72. The van der Waals surface area contributed by atoms with Crippen LogP contribution in [-0.2, 0) is 0 Å². The molecule has 0 unspecified atom stereocenters. The van der Waals surface area contributed by atoms with Crippen LogP contribution in [0.4, 0.5) is 5.00 Å². The summed E-state index contributed by atoms with van der Waals surface area (Å²) in [6, 6.07) is 1.57. The number of hydrogen-bond donors (Lipinski definition) is 2. The van der Waals surface area contributed by atoms with Gasteiger partial charge < -0.3 is 11.1 Å². The van der Waals surface area contributed by atoms with Crippen molar-refractivity contribution in [3.8, 4) is 0 Å². The van der Waals surface area contributed by atoms with Crippen LogP contribution < -0.4 is 11.1 Å². The summed E-state index contributed by atoms with van der Waals surface area (Å²) in [4.78, 5) is 21.6. The molecule has 0 saturated heterocycles. The van der Waals surface area contributed by atoms with Gasteiger partial charge in [-0.15, -0.1) is 0 Å². The maximum absolute atomic E-state index is 11.6. The van der Waals surface area contributed by atoms with Crippen molar-refractivity contribution in [3.63, 3.8) is 0 Å². The molecular formula is C9H11N3O3S. The van der Waals surface area contributed by atoms with E-state index in [1.54, 1.807) is 0 Å². The molecule has 6 nitrogen and oxygen atoms in total. The van der Waals surface area contributed by atoms with Crippen LogP contribution in [0.5, 0.6) is 0 Å². The fraction of sp³-hybridized carbons (Fsp3) is 0.444. The first-order valence-electron chi connectivity index (χ1n) is 4.85. The molecule has 1 saturated carbocycles. The van der Waals surface area contributed by atoms with Crippen LogP contribution in [0.1, 0.15) is 23.2 Å². The zero-order valence-electron chi connectivity index (χ0n) is 8.38. The topological polar surface area (TPSA) is 98.3 Å². The Morgan fingerprint density at radius 3 is 2.81 bits per heavy atom. The van der Waals surface area contributed by atoms with Gasteiger partial charge in [-0.25, -0.2) is 0 Å². The zero-order valence-corrected chi connectivity index (χ0v) is 9.20. The van der Waals surface area contributed by atoms with Gasteiger partial charge in [0.1, 0.15) is 0 Å². The van der Waals surface area contributed by atoms with E-state index < -0.39 is 4.92 Å². The standard InChI is InChI=1S/C9H11N3O3S/c10-6-2-7(3-6)11-9(13)5-1-8(12(14)15)16-4-5/h1,4,6-7H,2-3,10H2,(H,11,13). The Morgan fingerprint density at radius 1 is 1.62 bits per heavy atom. The van der Waals surface area contributed by atoms with Crippen molar-refractivity contribution >= 4 is 22.2 Å². The number of nitrogens with one attached hydrogen (secondary N) is 1. The normalized spacial score (nSPS) is 23.6. The van der Waals surface area contributed by atoms with Crippen LogP contribution in [-0.4, -0.2) is 22.9 Å². The minimum atomic E-state index is -0.499. The lowest BCUT2D eigenvalue weighted by Crippen LogP contribution is -2.50. The van der Waals surface area contributed by atoms with Gasteiger partial charge in [0.05, 0.1) is 10.5 Å². The van der Waals surface area contributed by atoms with E-state index in [1.807, 2.05) is 0 Å². The number of hydrogen-bond acceptors (Lipinski definition) is 5. The van der Waals surface area contributed by atoms with Crippen molar-refractivity contribution in [1.29, 1.82) is 0 Å². The summed E-state index contributed by atoms with van der Waals surface area (Å²) in [6.07, 6.45) is 1.55. The fourth-order valence-corrected chi connectivity index (χ4v) is 2.29. The molecule has 0 radical (unpaired) electrons. The van der Waals surface area contributed by atoms with Gasteiger partial charge in [-0.1, -0.05) is 11.3 Å². The van der Waals surface area contributed by atoms with Gasteiger partial charge in [0, 0.05) is 23.5 Å². The van der Waals surface area contributed by atoms with Crippen molar-refractivity contribution in [3.05, 3.63) is 27.1 Å². The molecule has 7 heteroatoms. The molecule has 0 spiro atoms. The molecule has 0 atom stereocenters. The third-order valence-corrected chi connectivity index (χ3v) is 3.42. The highest BCUT2D eigenvalue weighted by Gasteiger charge is 2.28. The molecular weight excluding hydrogens is 230 g/mol. The van der Waals surface area contributed by atoms with Gasteiger partial charge in [0.15, 0.2) is 0 Å². The average molecular weight is 241 g/mol. The molecule has 1 aromatic rings. The van der Waals surface area contributed by atoms with Gasteiger partial charge in [-0.05, 0) is 12.8 Å². The maximum atomic E-state index is 11.6. The van der Waals surface area contributed by atoms with Crippen molar-refractivity contribution in [2.24, 2.45) is 5.73 Å². The molecule has 0 aliphatic heterocycles. The van der Waals surface area contributed by atoms with Crippen LogP contribution in [0.25, 0.3) is 0 Å². The highest BCUT2D eigenvalue weighted by Crippen LogP contribution is 2.23. The maximum Gasteiger partial charge on any atom is 0.324 e. The minimum Gasteiger partial charge on any atom is -0.349 e. The van der Waals surface area contributed by atoms with Crippen molar-refractivity contribution in [2.75, 3.05) is 0 Å². The molecule has 1 aliphatic rings. The zero-order chi connectivity index (χ0) is 11.7. The summed E-state index contributed by atoms with van der Waals surface area (Å²) in [5.74, 6) is -0.263. The van der Waals surface area contributed by atoms with E-state index in [0.29, 0.717) is 5.56 Å². The molecule has 0 bridgehead atoms. The summed E-state index contributed by atoms with van der Waals surface area (Å²) < 4.78 is 0. The first-order valence-corrected chi connectivity index (χ1v) is 5.73. The van der Waals surface area contributed by atoms with Gasteiger partial charge >= 0.3 is 5.00 Å². The lowest BCUT2D eigenvalue weighted by atomic mass is 9.87. The van der Waals surface area contributed by atoms with Gasteiger partial charge in [0.2, 0.25) is 0 Å². The first-order chi connectivity index (χ1) is 7.56. The summed E-state index contributed by atoms with van der Waals surface area (Å²) in [6.45, 7) is 0. The van der Waals surface area contributed by atoms with E-state index in [4.69, 9.17) is 5.73 Å². The number of nitrogens with two attached hydrogens (primary N) is 1. The highest BCUT2D eigenvalue weighted by molar-refractivity contribution is 7.13. The van der Waals surface area contributed by atoms with Crippen LogP contribution in [0.15, 0.2) is 11.4 Å². The number of carbonyl (C=O) groups excluding carboxylic acids is 1. The SMILES string of the molecule is NC1CC(NC(=O)c2csc([N+](=O)[O-])c2)C1. The number of thiophene rings is 1. The number of nitrogens with zero attached hydrogens (tertiary/aromatic N) is 1. The average Bonchev–Trinajstić information content (AvgIpc) is 2.63. The lowest BCUT2D eigenvalue weighted by Gasteiger charge is -2.32. The molecule has 1 fully saturated rings. The Hall–Kier alpha value is -1.47.